The van der Waals surface area contributed by atoms with Gasteiger partial charge in [0.2, 0.25) is 5.91 Å². The number of aromatic amines is 1. The van der Waals surface area contributed by atoms with Gasteiger partial charge in [0.15, 0.2) is 10.8 Å². The molecule has 1 unspecified atom stereocenters. The number of nitrogens with one attached hydrogen (secondary N) is 1. The minimum atomic E-state index is -4.01. The predicted molar refractivity (Wildman–Crippen MR) is 159 cm³/mol. The Labute approximate surface area is 252 Å². The number of morpholine rings is 1. The van der Waals surface area contributed by atoms with Crippen molar-refractivity contribution in [1.29, 1.82) is 0 Å². The number of fused-ring (bicyclic) bond motifs is 2. The van der Waals surface area contributed by atoms with Gasteiger partial charge in [0.05, 0.1) is 24.9 Å². The molecule has 6 rings (SSSR count). The highest BCUT2D eigenvalue weighted by molar-refractivity contribution is 7.89. The number of sulfonamides is 1. The molecule has 0 radical (unpaired) electrons. The van der Waals surface area contributed by atoms with Crippen molar-refractivity contribution in [1.82, 2.24) is 29.0 Å². The van der Waals surface area contributed by atoms with E-state index in [9.17, 15) is 18.0 Å². The van der Waals surface area contributed by atoms with Crippen LogP contribution >= 0.6 is 11.3 Å². The molecule has 2 aromatic heterocycles. The van der Waals surface area contributed by atoms with Gasteiger partial charge < -0.3 is 35.4 Å². The number of aromatic nitrogens is 2. The van der Waals surface area contributed by atoms with Crippen LogP contribution in [0.25, 0.3) is 10.9 Å². The fourth-order valence-electron chi connectivity index (χ4n) is 5.76. The SMILES string of the molecule is CN1CCc2nc(C(=O)N3CCN(S(=O)(=O)c4cc5ccc(C(N)=NO)cc5[nH]4)CC3CC(=O)N3CCOCC3)sc2C1. The lowest BCUT2D eigenvalue weighted by Gasteiger charge is -2.41. The summed E-state index contributed by atoms with van der Waals surface area (Å²) in [4.78, 5) is 41.3. The highest BCUT2D eigenvalue weighted by Gasteiger charge is 2.40. The maximum Gasteiger partial charge on any atom is 0.283 e. The number of likely N-dealkylation sites (N-methyl/N-ethyl adjacent to an activating group) is 1. The van der Waals surface area contributed by atoms with E-state index in [1.165, 1.54) is 21.7 Å². The summed E-state index contributed by atoms with van der Waals surface area (Å²) in [5, 5.41) is 13.0. The Morgan fingerprint density at radius 1 is 1.19 bits per heavy atom. The van der Waals surface area contributed by atoms with Crippen LogP contribution in [0.5, 0.6) is 0 Å². The first-order chi connectivity index (χ1) is 20.6. The predicted octanol–water partition coefficient (Wildman–Crippen LogP) is 0.471. The van der Waals surface area contributed by atoms with E-state index in [0.29, 0.717) is 47.8 Å². The number of thiazole rings is 1. The number of amides is 2. The van der Waals surface area contributed by atoms with Gasteiger partial charge in [-0.05, 0) is 19.2 Å². The number of hydrogen-bond donors (Lipinski definition) is 3. The third-order valence-corrected chi connectivity index (χ3v) is 11.1. The van der Waals surface area contributed by atoms with Gasteiger partial charge >= 0.3 is 0 Å². The second-order valence-corrected chi connectivity index (χ2v) is 14.0. The first kappa shape index (κ1) is 29.5. The van der Waals surface area contributed by atoms with Crippen molar-refractivity contribution < 1.29 is 28.0 Å². The largest absolute Gasteiger partial charge is 0.409 e. The zero-order valence-corrected chi connectivity index (χ0v) is 25.4. The number of ether oxygens (including phenoxy) is 1. The van der Waals surface area contributed by atoms with Gasteiger partial charge in [-0.3, -0.25) is 9.59 Å². The van der Waals surface area contributed by atoms with E-state index < -0.39 is 16.1 Å². The Hall–Kier alpha value is -3.57. The van der Waals surface area contributed by atoms with Gasteiger partial charge in [-0.1, -0.05) is 17.3 Å². The summed E-state index contributed by atoms with van der Waals surface area (Å²) in [6, 6.07) is 5.78. The van der Waals surface area contributed by atoms with E-state index in [0.717, 1.165) is 30.1 Å². The zero-order chi connectivity index (χ0) is 30.3. The first-order valence-electron chi connectivity index (χ1n) is 14.1. The van der Waals surface area contributed by atoms with Crippen LogP contribution in [0.15, 0.2) is 34.4 Å². The quantitative estimate of drug-likeness (QED) is 0.151. The third-order valence-electron chi connectivity index (χ3n) is 8.20. The minimum Gasteiger partial charge on any atom is -0.409 e. The number of rotatable bonds is 6. The summed E-state index contributed by atoms with van der Waals surface area (Å²) in [5.74, 6) is -0.519. The lowest BCUT2D eigenvalue weighted by molar-refractivity contribution is -0.136. The van der Waals surface area contributed by atoms with Crippen LogP contribution in [0.2, 0.25) is 0 Å². The molecule has 0 bridgehead atoms. The number of carbonyl (C=O) groups is 2. The third kappa shape index (κ3) is 5.84. The molecule has 3 aliphatic heterocycles. The van der Waals surface area contributed by atoms with Gasteiger partial charge in [-0.2, -0.15) is 4.31 Å². The fourth-order valence-corrected chi connectivity index (χ4v) is 8.39. The Morgan fingerprint density at radius 3 is 2.74 bits per heavy atom. The fraction of sp³-hybridized carbons (Fsp3) is 0.481. The molecule has 43 heavy (non-hydrogen) atoms. The molecule has 3 aliphatic rings. The maximum absolute atomic E-state index is 13.9. The molecule has 0 saturated carbocycles. The molecule has 2 amide bonds. The number of amidine groups is 1. The van der Waals surface area contributed by atoms with Crippen molar-refractivity contribution in [2.45, 2.75) is 30.5 Å². The van der Waals surface area contributed by atoms with Crippen molar-refractivity contribution in [3.05, 3.63) is 45.4 Å². The Kier molecular flexibility index (Phi) is 8.12. The van der Waals surface area contributed by atoms with Gasteiger partial charge in [-0.25, -0.2) is 13.4 Å². The average Bonchev–Trinajstić information content (AvgIpc) is 3.65. The van der Waals surface area contributed by atoms with E-state index in [4.69, 9.17) is 15.7 Å². The van der Waals surface area contributed by atoms with Gasteiger partial charge in [-0.15, -0.1) is 11.3 Å². The summed E-state index contributed by atoms with van der Waals surface area (Å²) in [5.41, 5.74) is 7.58. The number of nitrogens with two attached hydrogens (primary N) is 1. The second kappa shape index (κ2) is 11.8. The van der Waals surface area contributed by atoms with Crippen LogP contribution in [0, 0.1) is 0 Å². The van der Waals surface area contributed by atoms with Crippen molar-refractivity contribution in [2.75, 3.05) is 59.5 Å². The standard InChI is InChI=1S/C27H34N8O6S2/c1-32-5-4-20-22(16-32)42-26(30-20)27(37)35-7-6-34(15-19(35)14-24(36)33-8-10-41-11-9-33)43(39,40)23-13-17-2-3-18(25(28)31-38)12-21(17)29-23/h2-3,12-13,19,29,38H,4-11,14-16H2,1H3,(H2,28,31). The maximum atomic E-state index is 13.9. The molecule has 14 nitrogen and oxygen atoms in total. The molecule has 4 N–H and O–H groups in total. The summed E-state index contributed by atoms with van der Waals surface area (Å²) < 4.78 is 34.4. The van der Waals surface area contributed by atoms with Gasteiger partial charge in [0, 0.05) is 80.0 Å². The van der Waals surface area contributed by atoms with Crippen LogP contribution in [0.3, 0.4) is 0 Å². The van der Waals surface area contributed by atoms with Crippen LogP contribution < -0.4 is 5.73 Å². The van der Waals surface area contributed by atoms with E-state index in [2.05, 4.69) is 20.0 Å². The first-order valence-corrected chi connectivity index (χ1v) is 16.3. The molecular weight excluding hydrogens is 596 g/mol. The van der Waals surface area contributed by atoms with Crippen LogP contribution in [0.1, 0.15) is 32.4 Å². The normalized spacial score (nSPS) is 20.9. The van der Waals surface area contributed by atoms with Crippen molar-refractivity contribution in [3.63, 3.8) is 0 Å². The van der Waals surface area contributed by atoms with Crippen LogP contribution in [0.4, 0.5) is 0 Å². The molecule has 1 aromatic carbocycles. The summed E-state index contributed by atoms with van der Waals surface area (Å²) in [6.45, 7) is 3.54. The highest BCUT2D eigenvalue weighted by atomic mass is 32.2. The Morgan fingerprint density at radius 2 is 1.98 bits per heavy atom. The Bertz CT molecular complexity index is 1680. The Balaban J connectivity index is 1.27. The minimum absolute atomic E-state index is 0.0125. The van der Waals surface area contributed by atoms with Gasteiger partial charge in [0.25, 0.3) is 15.9 Å². The molecule has 0 aliphatic carbocycles. The molecule has 5 heterocycles. The summed E-state index contributed by atoms with van der Waals surface area (Å²) in [7, 11) is -1.98. The number of carbonyl (C=O) groups excluding carboxylic acids is 2. The smallest absolute Gasteiger partial charge is 0.283 e. The van der Waals surface area contributed by atoms with Crippen molar-refractivity contribution in [2.24, 2.45) is 10.9 Å². The molecule has 230 valence electrons. The monoisotopic (exact) mass is 630 g/mol. The number of benzene rings is 1. The van der Waals surface area contributed by atoms with Crippen molar-refractivity contribution in [3.8, 4) is 0 Å². The van der Waals surface area contributed by atoms with Gasteiger partial charge in [0.1, 0.15) is 5.03 Å². The number of hydrogen-bond acceptors (Lipinski definition) is 10. The number of oxime groups is 1. The van der Waals surface area contributed by atoms with E-state index in [-0.39, 0.29) is 48.7 Å². The lowest BCUT2D eigenvalue weighted by atomic mass is 10.1. The second-order valence-electron chi connectivity index (χ2n) is 11.0. The van der Waals surface area contributed by atoms with Crippen LogP contribution in [-0.2, 0) is 32.5 Å². The topological polar surface area (TPSA) is 178 Å². The zero-order valence-electron chi connectivity index (χ0n) is 23.7. The van der Waals surface area contributed by atoms with E-state index in [1.807, 2.05) is 7.05 Å². The average molecular weight is 631 g/mol. The number of nitrogens with zero attached hydrogens (tertiary/aromatic N) is 6. The molecule has 2 fully saturated rings. The number of H-pyrrole nitrogens is 1. The number of piperazine rings is 1. The molecule has 1 atom stereocenters. The summed E-state index contributed by atoms with van der Waals surface area (Å²) >= 11 is 1.37. The molecule has 16 heteroatoms. The van der Waals surface area contributed by atoms with E-state index >= 15 is 0 Å². The van der Waals surface area contributed by atoms with Crippen molar-refractivity contribution >= 4 is 49.9 Å². The lowest BCUT2D eigenvalue weighted by Crippen LogP contribution is -2.58. The van der Waals surface area contributed by atoms with E-state index in [1.54, 1.807) is 28.0 Å². The molecular formula is C27H34N8O6S2. The molecule has 2 saturated heterocycles. The highest BCUT2D eigenvalue weighted by Crippen LogP contribution is 2.29. The van der Waals surface area contributed by atoms with Crippen LogP contribution in [-0.4, -0.2) is 126 Å². The summed E-state index contributed by atoms with van der Waals surface area (Å²) in [6.07, 6.45) is 0.757. The molecule has 0 spiro atoms. The molecule has 3 aromatic rings.